The predicted octanol–water partition coefficient (Wildman–Crippen LogP) is 5.27. The topological polar surface area (TPSA) is 58.5 Å². The normalized spacial score (nSPS) is 12.8. The zero-order valence-corrected chi connectivity index (χ0v) is 20.9. The Bertz CT molecular complexity index is 802. The fourth-order valence-electron chi connectivity index (χ4n) is 2.30. The second-order valence-corrected chi connectivity index (χ2v) is 8.27. The van der Waals surface area contributed by atoms with Crippen LogP contribution in [0.1, 0.15) is 24.5 Å². The van der Waals surface area contributed by atoms with Crippen LogP contribution in [0.4, 0.5) is 13.2 Å². The summed E-state index contributed by atoms with van der Waals surface area (Å²) in [6.45, 7) is 5.49. The first-order valence-electron chi connectivity index (χ1n) is 9.13. The first-order chi connectivity index (χ1) is 13.8. The number of para-hydroxylation sites is 1. The van der Waals surface area contributed by atoms with Crippen molar-refractivity contribution >= 4 is 53.0 Å². The van der Waals surface area contributed by atoms with Crippen LogP contribution in [0.25, 0.3) is 0 Å². The van der Waals surface area contributed by atoms with Gasteiger partial charge in [-0.15, -0.1) is 47.1 Å². The van der Waals surface area contributed by atoms with E-state index in [4.69, 9.17) is 4.74 Å². The Kier molecular flexibility index (Phi) is 11.9. The number of thiazole rings is 1. The van der Waals surface area contributed by atoms with Crippen LogP contribution < -0.4 is 15.4 Å². The van der Waals surface area contributed by atoms with Crippen molar-refractivity contribution in [2.75, 3.05) is 26.0 Å². The Balaban J connectivity index is 0.00000450. The third-order valence-electron chi connectivity index (χ3n) is 3.77. The summed E-state index contributed by atoms with van der Waals surface area (Å²) < 4.78 is 43.3. The highest BCUT2D eigenvalue weighted by molar-refractivity contribution is 14.0. The monoisotopic (exact) mass is 574 g/mol. The first-order valence-corrected chi connectivity index (χ1v) is 11.0. The molecule has 5 nitrogen and oxygen atoms in total. The van der Waals surface area contributed by atoms with Gasteiger partial charge >= 0.3 is 6.18 Å². The van der Waals surface area contributed by atoms with Crippen molar-refractivity contribution in [3.63, 3.8) is 0 Å². The van der Waals surface area contributed by atoms with Crippen LogP contribution in [0.2, 0.25) is 0 Å². The summed E-state index contributed by atoms with van der Waals surface area (Å²) in [5.41, 5.74) is -0.868. The van der Waals surface area contributed by atoms with Crippen LogP contribution in [0, 0.1) is 5.92 Å². The number of halogens is 4. The summed E-state index contributed by atoms with van der Waals surface area (Å²) >= 11 is 2.68. The fourth-order valence-corrected chi connectivity index (χ4v) is 4.08. The predicted molar refractivity (Wildman–Crippen MR) is 128 cm³/mol. The third-order valence-corrected chi connectivity index (χ3v) is 5.99. The fraction of sp³-hybridized carbons (Fsp3) is 0.474. The summed E-state index contributed by atoms with van der Waals surface area (Å²) in [6, 6.07) is 7.88. The molecule has 0 aliphatic carbocycles. The number of alkyl halides is 3. The second-order valence-electron chi connectivity index (χ2n) is 6.27. The molecule has 1 aromatic carbocycles. The minimum atomic E-state index is -4.42. The van der Waals surface area contributed by atoms with E-state index in [0.29, 0.717) is 30.0 Å². The summed E-state index contributed by atoms with van der Waals surface area (Å²) in [7, 11) is 1.66. The van der Waals surface area contributed by atoms with E-state index in [1.165, 1.54) is 0 Å². The van der Waals surface area contributed by atoms with Gasteiger partial charge in [0.1, 0.15) is 10.8 Å². The lowest BCUT2D eigenvalue weighted by Gasteiger charge is -2.16. The average Bonchev–Trinajstić information content (AvgIpc) is 3.18. The van der Waals surface area contributed by atoms with E-state index in [1.807, 2.05) is 31.2 Å². The molecule has 30 heavy (non-hydrogen) atoms. The molecule has 0 spiro atoms. The number of aromatic nitrogens is 1. The van der Waals surface area contributed by atoms with Gasteiger partial charge in [0.15, 0.2) is 11.7 Å². The second kappa shape index (κ2) is 13.3. The molecule has 0 bridgehead atoms. The number of nitrogens with one attached hydrogen (secondary N) is 2. The van der Waals surface area contributed by atoms with Gasteiger partial charge in [-0.25, -0.2) is 9.98 Å². The minimum absolute atomic E-state index is 0. The number of benzene rings is 1. The van der Waals surface area contributed by atoms with Crippen molar-refractivity contribution in [1.29, 1.82) is 0 Å². The number of hydrogen-bond acceptors (Lipinski definition) is 5. The Labute approximate surface area is 200 Å². The third kappa shape index (κ3) is 8.88. The Hall–Kier alpha value is -1.21. The molecule has 0 radical (unpaired) electrons. The lowest BCUT2D eigenvalue weighted by molar-refractivity contribution is -0.140. The Morgan fingerprint density at radius 3 is 2.67 bits per heavy atom. The van der Waals surface area contributed by atoms with Crippen molar-refractivity contribution in [3.8, 4) is 5.75 Å². The molecular formula is C19H26F3IN4OS2. The lowest BCUT2D eigenvalue weighted by atomic mass is 10.2. The van der Waals surface area contributed by atoms with Gasteiger partial charge < -0.3 is 15.4 Å². The van der Waals surface area contributed by atoms with Gasteiger partial charge in [0, 0.05) is 29.1 Å². The lowest BCUT2D eigenvalue weighted by Crippen LogP contribution is -2.39. The Morgan fingerprint density at radius 2 is 2.03 bits per heavy atom. The molecule has 0 fully saturated rings. The molecule has 2 N–H and O–H groups in total. The van der Waals surface area contributed by atoms with Gasteiger partial charge in [-0.2, -0.15) is 13.2 Å². The van der Waals surface area contributed by atoms with Gasteiger partial charge in [0.25, 0.3) is 0 Å². The average molecular weight is 574 g/mol. The highest BCUT2D eigenvalue weighted by Gasteiger charge is 2.33. The zero-order valence-electron chi connectivity index (χ0n) is 17.0. The van der Waals surface area contributed by atoms with E-state index < -0.39 is 11.9 Å². The number of thioether (sulfide) groups is 1. The van der Waals surface area contributed by atoms with Crippen molar-refractivity contribution in [3.05, 3.63) is 40.3 Å². The number of methoxy groups -OCH3 is 1. The molecule has 168 valence electrons. The number of nitrogens with zero attached hydrogens (tertiary/aromatic N) is 2. The molecule has 0 amide bonds. The van der Waals surface area contributed by atoms with Crippen LogP contribution in [0.15, 0.2) is 39.5 Å². The zero-order chi connectivity index (χ0) is 21.3. The van der Waals surface area contributed by atoms with Gasteiger partial charge in [0.2, 0.25) is 0 Å². The van der Waals surface area contributed by atoms with Crippen LogP contribution >= 0.6 is 47.1 Å². The summed E-state index contributed by atoms with van der Waals surface area (Å²) in [6.07, 6.45) is -4.42. The van der Waals surface area contributed by atoms with E-state index in [1.54, 1.807) is 18.9 Å². The van der Waals surface area contributed by atoms with Crippen molar-refractivity contribution in [2.45, 2.75) is 31.5 Å². The molecule has 0 saturated heterocycles. The van der Waals surface area contributed by atoms with E-state index in [-0.39, 0.29) is 30.5 Å². The molecule has 11 heteroatoms. The first kappa shape index (κ1) is 26.8. The maximum absolute atomic E-state index is 12.6. The maximum Gasteiger partial charge on any atom is 0.434 e. The van der Waals surface area contributed by atoms with Crippen molar-refractivity contribution in [1.82, 2.24) is 15.6 Å². The molecule has 0 aliphatic rings. The molecular weight excluding hydrogens is 548 g/mol. The van der Waals surface area contributed by atoms with Crippen LogP contribution in [0.5, 0.6) is 5.75 Å². The maximum atomic E-state index is 12.6. The van der Waals surface area contributed by atoms with Crippen LogP contribution in [0.3, 0.4) is 0 Å². The molecule has 1 heterocycles. The highest BCUT2D eigenvalue weighted by Crippen LogP contribution is 2.31. The number of ether oxygens (including phenoxy) is 1. The van der Waals surface area contributed by atoms with Crippen molar-refractivity contribution < 1.29 is 17.9 Å². The Morgan fingerprint density at radius 1 is 1.30 bits per heavy atom. The van der Waals surface area contributed by atoms with Gasteiger partial charge in [-0.1, -0.05) is 19.1 Å². The van der Waals surface area contributed by atoms with E-state index in [0.717, 1.165) is 33.1 Å². The van der Waals surface area contributed by atoms with E-state index in [9.17, 15) is 13.2 Å². The molecule has 2 rings (SSSR count). The number of hydrogen-bond donors (Lipinski definition) is 2. The van der Waals surface area contributed by atoms with E-state index in [2.05, 4.69) is 27.5 Å². The summed E-state index contributed by atoms with van der Waals surface area (Å²) in [5, 5.41) is 7.69. The smallest absolute Gasteiger partial charge is 0.434 e. The summed E-state index contributed by atoms with van der Waals surface area (Å²) in [4.78, 5) is 9.04. The molecule has 1 unspecified atom stereocenters. The van der Waals surface area contributed by atoms with Gasteiger partial charge in [-0.3, -0.25) is 0 Å². The molecule has 2 aromatic rings. The van der Waals surface area contributed by atoms with Crippen molar-refractivity contribution in [2.24, 2.45) is 10.9 Å². The highest BCUT2D eigenvalue weighted by atomic mass is 127. The number of guanidine groups is 1. The molecule has 0 aliphatic heterocycles. The van der Waals surface area contributed by atoms with Crippen LogP contribution in [-0.2, 0) is 12.7 Å². The largest absolute Gasteiger partial charge is 0.496 e. The van der Waals surface area contributed by atoms with Gasteiger partial charge in [-0.05, 0) is 25.0 Å². The number of rotatable bonds is 9. The van der Waals surface area contributed by atoms with Crippen LogP contribution in [-0.4, -0.2) is 36.9 Å². The molecule has 1 aromatic heterocycles. The van der Waals surface area contributed by atoms with E-state index >= 15 is 0 Å². The number of aliphatic imine (C=N–C) groups is 1. The SMILES string of the molecule is CCNC(=NCc1nc(C(F)(F)F)cs1)NCC(C)CSc1ccccc1OC.I. The van der Waals surface area contributed by atoms with Gasteiger partial charge in [0.05, 0.1) is 13.7 Å². The molecule has 0 saturated carbocycles. The quantitative estimate of drug-likeness (QED) is 0.185. The standard InChI is InChI=1S/C19H25F3N4OS2.HI/c1-4-23-18(25-10-17-26-16(12-29-17)19(20,21)22)24-9-13(2)11-28-15-8-6-5-7-14(15)27-3;/h5-8,12-13H,4,9-11H2,1-3H3,(H2,23,24,25);1H. The molecule has 1 atom stereocenters. The minimum Gasteiger partial charge on any atom is -0.496 e. The summed E-state index contributed by atoms with van der Waals surface area (Å²) in [5.74, 6) is 2.64.